The molecule has 1 spiro atoms. The van der Waals surface area contributed by atoms with Crippen molar-refractivity contribution in [1.29, 1.82) is 0 Å². The Labute approximate surface area is 365 Å². The number of aromatic nitrogens is 3. The van der Waals surface area contributed by atoms with E-state index in [1.807, 2.05) is 6.07 Å². The number of nitrogens with zero attached hydrogens (tertiary/aromatic N) is 3. The minimum atomic E-state index is -0.654. The number of hydrogen-bond donors (Lipinski definition) is 0. The molecular formula is C59H37N3O. The van der Waals surface area contributed by atoms with Crippen molar-refractivity contribution in [3.63, 3.8) is 0 Å². The second-order valence-corrected chi connectivity index (χ2v) is 16.4. The zero-order valence-corrected chi connectivity index (χ0v) is 34.1. The highest BCUT2D eigenvalue weighted by Crippen LogP contribution is 2.63. The minimum absolute atomic E-state index is 0.654. The van der Waals surface area contributed by atoms with Crippen molar-refractivity contribution < 1.29 is 4.74 Å². The Bertz CT molecular complexity index is 3490. The number of hydrogen-bond acceptors (Lipinski definition) is 3. The molecule has 2 aliphatic rings. The summed E-state index contributed by atoms with van der Waals surface area (Å²) < 4.78 is 9.01. The molecule has 2 aromatic heterocycles. The molecule has 0 amide bonds. The lowest BCUT2D eigenvalue weighted by atomic mass is 9.65. The van der Waals surface area contributed by atoms with Gasteiger partial charge in [0.25, 0.3) is 0 Å². The Balaban J connectivity index is 0.950. The summed E-state index contributed by atoms with van der Waals surface area (Å²) >= 11 is 0. The summed E-state index contributed by atoms with van der Waals surface area (Å²) in [4.78, 5) is 10.9. The van der Waals surface area contributed by atoms with E-state index in [-0.39, 0.29) is 0 Å². The average molecular weight is 804 g/mol. The highest BCUT2D eigenvalue weighted by molar-refractivity contribution is 6.09. The van der Waals surface area contributed by atoms with Gasteiger partial charge in [-0.05, 0) is 75.8 Å². The standard InChI is InChI=1S/C59H37N3O/c1-2-15-40(16-3-1)51-37-52(41-31-29-38(30-32-41)39-33-35-42(36-34-39)62-53-25-10-5-18-44(53)45-19-6-11-26-54(45)62)61-58(60-51)47-21-14-20-46-43-17-4-7-22-48(43)59(57(46)47)49-23-8-12-27-55(49)63-56-28-13-9-24-50(56)59/h1-37H. The summed E-state index contributed by atoms with van der Waals surface area (Å²) in [7, 11) is 0. The monoisotopic (exact) mass is 803 g/mol. The smallest absolute Gasteiger partial charge is 0.160 e. The van der Waals surface area contributed by atoms with Gasteiger partial charge in [-0.2, -0.15) is 0 Å². The van der Waals surface area contributed by atoms with Crippen LogP contribution in [0.25, 0.3) is 83.6 Å². The van der Waals surface area contributed by atoms with Crippen molar-refractivity contribution in [1.82, 2.24) is 14.5 Å². The maximum Gasteiger partial charge on any atom is 0.160 e. The number of fused-ring (bicyclic) bond motifs is 12. The predicted molar refractivity (Wildman–Crippen MR) is 255 cm³/mol. The van der Waals surface area contributed by atoms with Gasteiger partial charge in [-0.1, -0.05) is 182 Å². The Kier molecular flexibility index (Phi) is 7.79. The van der Waals surface area contributed by atoms with Crippen LogP contribution < -0.4 is 4.74 Å². The lowest BCUT2D eigenvalue weighted by molar-refractivity contribution is 0.436. The Hall–Kier alpha value is -8.34. The molecule has 9 aromatic carbocycles. The van der Waals surface area contributed by atoms with E-state index in [0.717, 1.165) is 67.5 Å². The fourth-order valence-corrected chi connectivity index (χ4v) is 10.4. The first kappa shape index (κ1) is 35.4. The summed E-state index contributed by atoms with van der Waals surface area (Å²) in [6.07, 6.45) is 0. The van der Waals surface area contributed by atoms with Crippen molar-refractivity contribution in [2.45, 2.75) is 5.41 Å². The normalized spacial score (nSPS) is 13.0. The quantitative estimate of drug-likeness (QED) is 0.174. The summed E-state index contributed by atoms with van der Waals surface area (Å²) in [6.45, 7) is 0. The van der Waals surface area contributed by atoms with Crippen molar-refractivity contribution in [3.05, 3.63) is 247 Å². The van der Waals surface area contributed by atoms with Crippen molar-refractivity contribution in [2.24, 2.45) is 0 Å². The molecule has 1 aliphatic carbocycles. The van der Waals surface area contributed by atoms with Gasteiger partial charge in [-0.3, -0.25) is 0 Å². The van der Waals surface area contributed by atoms with E-state index >= 15 is 0 Å². The molecule has 0 atom stereocenters. The van der Waals surface area contributed by atoms with Crippen LogP contribution >= 0.6 is 0 Å². The van der Waals surface area contributed by atoms with Crippen molar-refractivity contribution >= 4 is 21.8 Å². The summed E-state index contributed by atoms with van der Waals surface area (Å²) in [5.74, 6) is 2.39. The van der Waals surface area contributed by atoms with E-state index in [4.69, 9.17) is 14.7 Å². The van der Waals surface area contributed by atoms with Gasteiger partial charge in [0, 0.05) is 44.3 Å². The van der Waals surface area contributed by atoms with Crippen molar-refractivity contribution in [3.8, 4) is 73.3 Å². The molecule has 0 fully saturated rings. The second kappa shape index (κ2) is 13.8. The third-order valence-electron chi connectivity index (χ3n) is 13.1. The van der Waals surface area contributed by atoms with E-state index in [9.17, 15) is 0 Å². The molecule has 0 bridgehead atoms. The van der Waals surface area contributed by atoms with Gasteiger partial charge in [0.05, 0.1) is 27.8 Å². The third-order valence-corrected chi connectivity index (χ3v) is 13.1. The zero-order chi connectivity index (χ0) is 41.5. The maximum absolute atomic E-state index is 6.66. The molecule has 1 aliphatic heterocycles. The topological polar surface area (TPSA) is 39.9 Å². The van der Waals surface area contributed by atoms with Crippen LogP contribution in [-0.4, -0.2) is 14.5 Å². The lowest BCUT2D eigenvalue weighted by Crippen LogP contribution is -2.32. The average Bonchev–Trinajstić information content (AvgIpc) is 3.85. The van der Waals surface area contributed by atoms with Crippen LogP contribution in [0, 0.1) is 0 Å². The molecule has 0 unspecified atom stereocenters. The van der Waals surface area contributed by atoms with E-state index < -0.39 is 5.41 Å². The summed E-state index contributed by atoms with van der Waals surface area (Å²) in [5.41, 5.74) is 17.0. The van der Waals surface area contributed by atoms with Gasteiger partial charge in [0.15, 0.2) is 5.82 Å². The zero-order valence-electron chi connectivity index (χ0n) is 34.1. The van der Waals surface area contributed by atoms with Crippen LogP contribution in [0.5, 0.6) is 11.5 Å². The third kappa shape index (κ3) is 5.28. The molecule has 0 N–H and O–H groups in total. The van der Waals surface area contributed by atoms with Gasteiger partial charge in [-0.25, -0.2) is 9.97 Å². The SMILES string of the molecule is c1ccc(-c2cc(-c3ccc(-c4ccc(-n5c6ccccc6c6ccccc65)cc4)cc3)nc(-c3cccc4c3C3(c5ccccc5Oc5ccccc53)c3ccccc3-4)n2)cc1. The van der Waals surface area contributed by atoms with Crippen molar-refractivity contribution in [2.75, 3.05) is 0 Å². The van der Waals surface area contributed by atoms with E-state index in [1.165, 1.54) is 44.1 Å². The van der Waals surface area contributed by atoms with Gasteiger partial charge in [0.2, 0.25) is 0 Å². The van der Waals surface area contributed by atoms with Crippen LogP contribution in [0.1, 0.15) is 22.3 Å². The molecule has 63 heavy (non-hydrogen) atoms. The number of ether oxygens (including phenoxy) is 1. The Morgan fingerprint density at radius 3 is 1.49 bits per heavy atom. The second-order valence-electron chi connectivity index (χ2n) is 16.4. The molecule has 4 nitrogen and oxygen atoms in total. The molecule has 0 saturated heterocycles. The van der Waals surface area contributed by atoms with E-state index in [2.05, 4.69) is 223 Å². The first-order valence-electron chi connectivity index (χ1n) is 21.5. The van der Waals surface area contributed by atoms with Crippen LogP contribution in [0.15, 0.2) is 224 Å². The van der Waals surface area contributed by atoms with Gasteiger partial charge in [0.1, 0.15) is 11.5 Å². The summed E-state index contributed by atoms with van der Waals surface area (Å²) in [6, 6.07) is 79.9. The minimum Gasteiger partial charge on any atom is -0.457 e. The largest absolute Gasteiger partial charge is 0.457 e. The molecule has 0 saturated carbocycles. The van der Waals surface area contributed by atoms with Gasteiger partial charge in [-0.15, -0.1) is 0 Å². The highest BCUT2D eigenvalue weighted by atomic mass is 16.5. The van der Waals surface area contributed by atoms with E-state index in [1.54, 1.807) is 0 Å². The fourth-order valence-electron chi connectivity index (χ4n) is 10.4. The molecule has 4 heteroatoms. The Morgan fingerprint density at radius 1 is 0.365 bits per heavy atom. The van der Waals surface area contributed by atoms with Gasteiger partial charge < -0.3 is 9.30 Å². The number of benzene rings is 9. The van der Waals surface area contributed by atoms with Crippen LogP contribution in [-0.2, 0) is 5.41 Å². The molecular weight excluding hydrogens is 767 g/mol. The lowest BCUT2D eigenvalue weighted by Gasteiger charge is -2.40. The summed E-state index contributed by atoms with van der Waals surface area (Å²) in [5, 5.41) is 2.52. The molecule has 11 aromatic rings. The highest BCUT2D eigenvalue weighted by Gasteiger charge is 2.52. The predicted octanol–water partition coefficient (Wildman–Crippen LogP) is 14.7. The fraction of sp³-hybridized carbons (Fsp3) is 0.0169. The number of para-hydroxylation sites is 4. The van der Waals surface area contributed by atoms with E-state index in [0.29, 0.717) is 5.82 Å². The first-order valence-corrected chi connectivity index (χ1v) is 21.5. The molecule has 294 valence electrons. The van der Waals surface area contributed by atoms with Crippen LogP contribution in [0.4, 0.5) is 0 Å². The Morgan fingerprint density at radius 2 is 0.841 bits per heavy atom. The molecule has 3 heterocycles. The molecule has 0 radical (unpaired) electrons. The van der Waals surface area contributed by atoms with Crippen LogP contribution in [0.2, 0.25) is 0 Å². The maximum atomic E-state index is 6.66. The number of rotatable bonds is 5. The van der Waals surface area contributed by atoms with Gasteiger partial charge >= 0.3 is 0 Å². The molecule has 13 rings (SSSR count). The first-order chi connectivity index (χ1) is 31.2. The van der Waals surface area contributed by atoms with Crippen LogP contribution in [0.3, 0.4) is 0 Å².